The van der Waals surface area contributed by atoms with Crippen LogP contribution in [0.15, 0.2) is 53.5 Å². The molecule has 0 spiro atoms. The van der Waals surface area contributed by atoms with Gasteiger partial charge in [0.05, 0.1) is 16.8 Å². The number of nitrogens with one attached hydrogen (secondary N) is 1. The Hall–Kier alpha value is -3.34. The third kappa shape index (κ3) is 5.43. The van der Waals surface area contributed by atoms with Gasteiger partial charge < -0.3 is 10.4 Å². The number of nitrogens with zero attached hydrogens (tertiary/aromatic N) is 2. The van der Waals surface area contributed by atoms with Gasteiger partial charge in [0.25, 0.3) is 0 Å². The summed E-state index contributed by atoms with van der Waals surface area (Å²) in [6.45, 7) is 0. The predicted molar refractivity (Wildman–Crippen MR) is 109 cm³/mol. The van der Waals surface area contributed by atoms with Crippen LogP contribution in [0.5, 0.6) is 0 Å². The van der Waals surface area contributed by atoms with Crippen LogP contribution in [0.25, 0.3) is 0 Å². The third-order valence-corrected chi connectivity index (χ3v) is 5.55. The number of hydrogen-bond acceptors (Lipinski definition) is 5. The van der Waals surface area contributed by atoms with E-state index in [1.165, 1.54) is 48.3 Å². The molecule has 11 heteroatoms. The summed E-state index contributed by atoms with van der Waals surface area (Å²) >= 11 is 0.987. The number of carbonyl (C=O) groups is 3. The summed E-state index contributed by atoms with van der Waals surface area (Å²) in [6.07, 6.45) is -4.69. The zero-order valence-electron chi connectivity index (χ0n) is 16.0. The van der Waals surface area contributed by atoms with E-state index in [-0.39, 0.29) is 22.8 Å². The van der Waals surface area contributed by atoms with Crippen molar-refractivity contribution in [1.82, 2.24) is 4.90 Å². The Morgan fingerprint density at radius 1 is 1.19 bits per heavy atom. The van der Waals surface area contributed by atoms with Crippen LogP contribution < -0.4 is 5.32 Å². The largest absolute Gasteiger partial charge is 0.478 e. The van der Waals surface area contributed by atoms with Crippen molar-refractivity contribution in [3.8, 4) is 0 Å². The first-order chi connectivity index (χ1) is 14.5. The minimum absolute atomic E-state index is 0.0422. The minimum Gasteiger partial charge on any atom is -0.478 e. The van der Waals surface area contributed by atoms with Gasteiger partial charge in [0.15, 0.2) is 5.17 Å². The number of aliphatic imine (C=N–C) groups is 1. The van der Waals surface area contributed by atoms with Crippen LogP contribution in [0, 0.1) is 0 Å². The number of anilines is 1. The summed E-state index contributed by atoms with van der Waals surface area (Å²) in [4.78, 5) is 40.9. The average molecular weight is 451 g/mol. The molecule has 2 amide bonds. The highest BCUT2D eigenvalue weighted by Crippen LogP contribution is 2.34. The zero-order chi connectivity index (χ0) is 22.8. The quantitative estimate of drug-likeness (QED) is 0.716. The lowest BCUT2D eigenvalue weighted by Gasteiger charge is -2.10. The molecule has 0 aromatic heterocycles. The van der Waals surface area contributed by atoms with E-state index < -0.39 is 34.8 Å². The lowest BCUT2D eigenvalue weighted by Crippen LogP contribution is -2.30. The van der Waals surface area contributed by atoms with E-state index in [1.807, 2.05) is 0 Å². The van der Waals surface area contributed by atoms with Crippen LogP contribution in [-0.4, -0.2) is 45.3 Å². The molecular formula is C20H16F3N3O4S. The van der Waals surface area contributed by atoms with Gasteiger partial charge in [-0.1, -0.05) is 17.8 Å². The van der Waals surface area contributed by atoms with Gasteiger partial charge in [-0.05, 0) is 42.5 Å². The van der Waals surface area contributed by atoms with Crippen molar-refractivity contribution in [3.63, 3.8) is 0 Å². The number of alkyl halides is 3. The summed E-state index contributed by atoms with van der Waals surface area (Å²) in [5.41, 5.74) is -0.370. The molecule has 1 saturated heterocycles. The first kappa shape index (κ1) is 22.3. The Morgan fingerprint density at radius 3 is 2.48 bits per heavy atom. The van der Waals surface area contributed by atoms with Crippen LogP contribution >= 0.6 is 11.8 Å². The molecule has 0 bridgehead atoms. The smallest absolute Gasteiger partial charge is 0.416 e. The number of amides is 2. The molecule has 7 nitrogen and oxygen atoms in total. The van der Waals surface area contributed by atoms with Gasteiger partial charge in [-0.25, -0.2) is 9.79 Å². The molecule has 1 heterocycles. The zero-order valence-corrected chi connectivity index (χ0v) is 16.8. The molecule has 1 aliphatic rings. The molecule has 31 heavy (non-hydrogen) atoms. The number of thioether (sulfide) groups is 1. The van der Waals surface area contributed by atoms with Gasteiger partial charge in [-0.2, -0.15) is 13.2 Å². The van der Waals surface area contributed by atoms with E-state index in [9.17, 15) is 27.6 Å². The van der Waals surface area contributed by atoms with E-state index in [2.05, 4.69) is 10.3 Å². The molecule has 0 unspecified atom stereocenters. The van der Waals surface area contributed by atoms with Crippen molar-refractivity contribution in [2.75, 3.05) is 12.4 Å². The second kappa shape index (κ2) is 8.80. The minimum atomic E-state index is -4.51. The fourth-order valence-electron chi connectivity index (χ4n) is 2.74. The molecule has 2 N–H and O–H groups in total. The number of amidine groups is 1. The Kier molecular flexibility index (Phi) is 6.34. The van der Waals surface area contributed by atoms with E-state index >= 15 is 0 Å². The normalized spacial score (nSPS) is 17.8. The van der Waals surface area contributed by atoms with Crippen LogP contribution in [-0.2, 0) is 15.8 Å². The molecule has 162 valence electrons. The Balaban J connectivity index is 1.68. The highest BCUT2D eigenvalue weighted by molar-refractivity contribution is 8.15. The van der Waals surface area contributed by atoms with Crippen molar-refractivity contribution in [2.45, 2.75) is 17.8 Å². The molecule has 1 atom stereocenters. The first-order valence-electron chi connectivity index (χ1n) is 8.88. The number of carboxylic acid groups (broad SMARTS) is 1. The van der Waals surface area contributed by atoms with Crippen LogP contribution in [0.2, 0.25) is 0 Å². The Labute approximate surface area is 179 Å². The summed E-state index contributed by atoms with van der Waals surface area (Å²) < 4.78 is 38.6. The molecule has 2 aromatic carbocycles. The van der Waals surface area contributed by atoms with Gasteiger partial charge >= 0.3 is 12.1 Å². The fraction of sp³-hybridized carbons (Fsp3) is 0.200. The van der Waals surface area contributed by atoms with E-state index in [0.717, 1.165) is 23.9 Å². The number of rotatable bonds is 5. The molecule has 0 aliphatic carbocycles. The summed E-state index contributed by atoms with van der Waals surface area (Å²) in [6, 6.07) is 9.95. The topological polar surface area (TPSA) is 99.1 Å². The number of hydrogen-bond donors (Lipinski definition) is 2. The highest BCUT2D eigenvalue weighted by atomic mass is 32.2. The third-order valence-electron chi connectivity index (χ3n) is 4.33. The van der Waals surface area contributed by atoms with Crippen LogP contribution in [0.4, 0.5) is 24.5 Å². The molecule has 1 fully saturated rings. The number of halogens is 3. The van der Waals surface area contributed by atoms with Crippen LogP contribution in [0.3, 0.4) is 0 Å². The lowest BCUT2D eigenvalue weighted by molar-refractivity contribution is -0.137. The van der Waals surface area contributed by atoms with Crippen molar-refractivity contribution >= 4 is 46.1 Å². The second-order valence-corrected chi connectivity index (χ2v) is 7.75. The van der Waals surface area contributed by atoms with Gasteiger partial charge in [-0.15, -0.1) is 0 Å². The van der Waals surface area contributed by atoms with Gasteiger partial charge in [0.2, 0.25) is 11.8 Å². The molecule has 0 saturated carbocycles. The van der Waals surface area contributed by atoms with Gasteiger partial charge in [-0.3, -0.25) is 14.5 Å². The maximum atomic E-state index is 12.9. The molecular weight excluding hydrogens is 435 g/mol. The molecule has 1 aliphatic heterocycles. The molecule has 0 radical (unpaired) electrons. The van der Waals surface area contributed by atoms with E-state index in [0.29, 0.717) is 5.69 Å². The van der Waals surface area contributed by atoms with Crippen molar-refractivity contribution in [1.29, 1.82) is 0 Å². The Morgan fingerprint density at radius 2 is 1.87 bits per heavy atom. The SMILES string of the molecule is CN1C(=O)[C@@H](CC(=O)Nc2ccc(C(=O)O)cc2)SC1=Nc1cccc(C(F)(F)F)c1. The summed E-state index contributed by atoms with van der Waals surface area (Å²) in [7, 11) is 1.43. The van der Waals surface area contributed by atoms with Crippen molar-refractivity contribution < 1.29 is 32.7 Å². The second-order valence-electron chi connectivity index (χ2n) is 6.58. The first-order valence-corrected chi connectivity index (χ1v) is 9.76. The maximum absolute atomic E-state index is 12.9. The predicted octanol–water partition coefficient (Wildman–Crippen LogP) is 3.99. The van der Waals surface area contributed by atoms with E-state index in [4.69, 9.17) is 5.11 Å². The lowest BCUT2D eigenvalue weighted by atomic mass is 10.2. The number of carbonyl (C=O) groups excluding carboxylic acids is 2. The van der Waals surface area contributed by atoms with Crippen molar-refractivity contribution in [3.05, 3.63) is 59.7 Å². The summed E-state index contributed by atoms with van der Waals surface area (Å²) in [5, 5.41) is 10.9. The maximum Gasteiger partial charge on any atom is 0.416 e. The van der Waals surface area contributed by atoms with Gasteiger partial charge in [0, 0.05) is 19.2 Å². The van der Waals surface area contributed by atoms with Gasteiger partial charge in [0.1, 0.15) is 5.25 Å². The number of carboxylic acids is 1. The molecule has 3 rings (SSSR count). The Bertz CT molecular complexity index is 1050. The summed E-state index contributed by atoms with van der Waals surface area (Å²) in [5.74, 6) is -1.96. The number of aromatic carboxylic acids is 1. The number of benzene rings is 2. The monoisotopic (exact) mass is 451 g/mol. The van der Waals surface area contributed by atoms with Crippen molar-refractivity contribution in [2.24, 2.45) is 4.99 Å². The van der Waals surface area contributed by atoms with Crippen LogP contribution in [0.1, 0.15) is 22.3 Å². The van der Waals surface area contributed by atoms with E-state index in [1.54, 1.807) is 0 Å². The highest BCUT2D eigenvalue weighted by Gasteiger charge is 2.37. The average Bonchev–Trinajstić information content (AvgIpc) is 2.95. The standard InChI is InChI=1S/C20H16F3N3O4S/c1-26-17(28)15(10-16(27)24-13-7-5-11(6-8-13)18(29)30)31-19(26)25-14-4-2-3-12(9-14)20(21,22)23/h2-9,15H,10H2,1H3,(H,24,27)(H,29,30)/t15-/m1/s1. The fourth-order valence-corrected chi connectivity index (χ4v) is 3.89. The molecule has 2 aromatic rings.